The molecule has 0 radical (unpaired) electrons. The van der Waals surface area contributed by atoms with Crippen LogP contribution in [0.15, 0.2) is 58.6 Å². The number of hydrogen-bond acceptors (Lipinski definition) is 6. The predicted molar refractivity (Wildman–Crippen MR) is 92.4 cm³/mol. The van der Waals surface area contributed by atoms with Gasteiger partial charge in [0.2, 0.25) is 0 Å². The van der Waals surface area contributed by atoms with Crippen molar-refractivity contribution in [1.82, 2.24) is 20.2 Å². The zero-order valence-corrected chi connectivity index (χ0v) is 13.0. The van der Waals surface area contributed by atoms with Gasteiger partial charge in [-0.3, -0.25) is 5.10 Å². The molecule has 0 amide bonds. The molecule has 0 aliphatic rings. The molecule has 0 bridgehead atoms. The molecule has 4 aromatic rings. The van der Waals surface area contributed by atoms with E-state index in [2.05, 4.69) is 30.5 Å². The third-order valence-corrected chi connectivity index (χ3v) is 3.54. The van der Waals surface area contributed by atoms with E-state index in [-0.39, 0.29) is 0 Å². The van der Waals surface area contributed by atoms with Gasteiger partial charge in [0.1, 0.15) is 17.5 Å². The van der Waals surface area contributed by atoms with Crippen LogP contribution in [0.4, 0.5) is 17.3 Å². The van der Waals surface area contributed by atoms with Gasteiger partial charge in [-0.15, -0.1) is 0 Å². The van der Waals surface area contributed by atoms with Crippen LogP contribution in [0.25, 0.3) is 11.0 Å². The van der Waals surface area contributed by atoms with Crippen LogP contribution < -0.4 is 5.32 Å². The van der Waals surface area contributed by atoms with Gasteiger partial charge in [-0.05, 0) is 24.3 Å². The first-order chi connectivity index (χ1) is 11.8. The largest absolute Gasteiger partial charge is 0.472 e. The molecule has 0 spiro atoms. The average molecular weight is 339 g/mol. The van der Waals surface area contributed by atoms with Crippen LogP contribution in [0.1, 0.15) is 5.56 Å². The third kappa shape index (κ3) is 2.84. The second kappa shape index (κ2) is 6.13. The number of fused-ring (bicyclic) bond motifs is 1. The molecule has 3 heterocycles. The van der Waals surface area contributed by atoms with Crippen molar-refractivity contribution in [3.05, 3.63) is 59.8 Å². The number of aromatic amines is 1. The average Bonchev–Trinajstić information content (AvgIpc) is 3.23. The lowest BCUT2D eigenvalue weighted by atomic mass is 10.3. The number of aliphatic imine (C=N–C) groups is 1. The summed E-state index contributed by atoms with van der Waals surface area (Å²) < 4.78 is 5.02. The van der Waals surface area contributed by atoms with Gasteiger partial charge in [-0.25, -0.2) is 15.0 Å². The summed E-state index contributed by atoms with van der Waals surface area (Å²) in [4.78, 5) is 12.9. The second-order valence-corrected chi connectivity index (χ2v) is 5.38. The van der Waals surface area contributed by atoms with E-state index < -0.39 is 0 Å². The van der Waals surface area contributed by atoms with Crippen LogP contribution in [0.5, 0.6) is 0 Å². The standard InChI is InChI=1S/C16H11ClN6O/c17-11-2-1-3-12(6-11)21-14-13-15(18-7-10-4-5-24-8-10)22-23-16(13)20-9-19-14/h1-9H,(H2,19,20,21,22,23). The van der Waals surface area contributed by atoms with Crippen molar-refractivity contribution >= 4 is 46.2 Å². The first-order valence-corrected chi connectivity index (χ1v) is 7.45. The third-order valence-electron chi connectivity index (χ3n) is 3.31. The van der Waals surface area contributed by atoms with Crippen molar-refractivity contribution in [3.63, 3.8) is 0 Å². The second-order valence-electron chi connectivity index (χ2n) is 4.94. The van der Waals surface area contributed by atoms with Crippen LogP contribution in [-0.2, 0) is 0 Å². The zero-order chi connectivity index (χ0) is 16.4. The molecule has 8 heteroatoms. The van der Waals surface area contributed by atoms with E-state index in [0.29, 0.717) is 27.7 Å². The number of halogens is 1. The number of aromatic nitrogens is 4. The Kier molecular flexibility index (Phi) is 3.68. The van der Waals surface area contributed by atoms with Crippen LogP contribution in [0.2, 0.25) is 5.02 Å². The molecule has 2 N–H and O–H groups in total. The van der Waals surface area contributed by atoms with Gasteiger partial charge >= 0.3 is 0 Å². The van der Waals surface area contributed by atoms with E-state index >= 15 is 0 Å². The molecule has 7 nitrogen and oxygen atoms in total. The van der Waals surface area contributed by atoms with Gasteiger partial charge in [-0.1, -0.05) is 17.7 Å². The van der Waals surface area contributed by atoms with Crippen molar-refractivity contribution < 1.29 is 4.42 Å². The molecule has 1 aromatic carbocycles. The van der Waals surface area contributed by atoms with Gasteiger partial charge < -0.3 is 9.73 Å². The summed E-state index contributed by atoms with van der Waals surface area (Å²) in [6, 6.07) is 9.18. The molecule has 0 fully saturated rings. The summed E-state index contributed by atoms with van der Waals surface area (Å²) in [5.74, 6) is 1.15. The lowest BCUT2D eigenvalue weighted by Crippen LogP contribution is -1.95. The Balaban J connectivity index is 1.74. The summed E-state index contributed by atoms with van der Waals surface area (Å²) >= 11 is 6.02. The lowest BCUT2D eigenvalue weighted by molar-refractivity contribution is 0.567. The fraction of sp³-hybridized carbons (Fsp3) is 0. The molecule has 118 valence electrons. The number of nitrogens with one attached hydrogen (secondary N) is 2. The number of benzene rings is 1. The highest BCUT2D eigenvalue weighted by Gasteiger charge is 2.12. The van der Waals surface area contributed by atoms with Crippen molar-refractivity contribution in [3.8, 4) is 0 Å². The topological polar surface area (TPSA) is 92.0 Å². The van der Waals surface area contributed by atoms with Gasteiger partial charge in [0.15, 0.2) is 11.5 Å². The minimum Gasteiger partial charge on any atom is -0.472 e. The normalized spacial score (nSPS) is 11.4. The Morgan fingerprint density at radius 3 is 3.04 bits per heavy atom. The fourth-order valence-electron chi connectivity index (χ4n) is 2.22. The summed E-state index contributed by atoms with van der Waals surface area (Å²) in [6.45, 7) is 0. The Bertz CT molecular complexity index is 1010. The fourth-order valence-corrected chi connectivity index (χ4v) is 2.41. The van der Waals surface area contributed by atoms with Gasteiger partial charge in [0.05, 0.1) is 12.5 Å². The SMILES string of the molecule is Clc1cccc(Nc2ncnc3n[nH]c(N=Cc4ccoc4)c23)c1. The molecule has 0 saturated carbocycles. The van der Waals surface area contributed by atoms with Crippen molar-refractivity contribution in [1.29, 1.82) is 0 Å². The quantitative estimate of drug-likeness (QED) is 0.547. The number of hydrogen-bond donors (Lipinski definition) is 2. The Morgan fingerprint density at radius 1 is 1.25 bits per heavy atom. The predicted octanol–water partition coefficient (Wildman–Crippen LogP) is 4.09. The van der Waals surface area contributed by atoms with Gasteiger partial charge in [0, 0.05) is 22.5 Å². The molecule has 0 unspecified atom stereocenters. The summed E-state index contributed by atoms with van der Waals surface area (Å²) in [7, 11) is 0. The smallest absolute Gasteiger partial charge is 0.188 e. The first kappa shape index (κ1) is 14.4. The number of furan rings is 1. The van der Waals surface area contributed by atoms with Gasteiger partial charge in [0.25, 0.3) is 0 Å². The van der Waals surface area contributed by atoms with Gasteiger partial charge in [-0.2, -0.15) is 5.10 Å². The molecule has 24 heavy (non-hydrogen) atoms. The molecule has 0 aliphatic carbocycles. The summed E-state index contributed by atoms with van der Waals surface area (Å²) in [5, 5.41) is 11.6. The Labute approximate surface area is 141 Å². The van der Waals surface area contributed by atoms with Crippen molar-refractivity contribution in [2.45, 2.75) is 0 Å². The summed E-state index contributed by atoms with van der Waals surface area (Å²) in [6.07, 6.45) is 6.30. The number of anilines is 2. The Morgan fingerprint density at radius 2 is 2.21 bits per heavy atom. The minimum absolute atomic E-state index is 0.522. The molecule has 0 atom stereocenters. The molecular formula is C16H11ClN6O. The number of nitrogens with zero attached hydrogens (tertiary/aromatic N) is 4. The van der Waals surface area contributed by atoms with E-state index in [1.807, 2.05) is 24.3 Å². The molecular weight excluding hydrogens is 328 g/mol. The Hall–Kier alpha value is -3.19. The lowest BCUT2D eigenvalue weighted by Gasteiger charge is -2.06. The van der Waals surface area contributed by atoms with Crippen LogP contribution in [-0.4, -0.2) is 26.4 Å². The van der Waals surface area contributed by atoms with E-state index in [4.69, 9.17) is 16.0 Å². The maximum atomic E-state index is 6.02. The van der Waals surface area contributed by atoms with E-state index in [1.54, 1.807) is 24.8 Å². The van der Waals surface area contributed by atoms with Crippen molar-refractivity contribution in [2.24, 2.45) is 4.99 Å². The highest BCUT2D eigenvalue weighted by atomic mass is 35.5. The maximum absolute atomic E-state index is 6.02. The maximum Gasteiger partial charge on any atom is 0.188 e. The molecule has 0 saturated heterocycles. The van der Waals surface area contributed by atoms with E-state index in [0.717, 1.165) is 11.3 Å². The van der Waals surface area contributed by atoms with Crippen molar-refractivity contribution in [2.75, 3.05) is 5.32 Å². The molecule has 4 rings (SSSR count). The zero-order valence-electron chi connectivity index (χ0n) is 12.3. The molecule has 0 aliphatic heterocycles. The van der Waals surface area contributed by atoms with E-state index in [9.17, 15) is 0 Å². The first-order valence-electron chi connectivity index (χ1n) is 7.07. The number of rotatable bonds is 4. The summed E-state index contributed by atoms with van der Waals surface area (Å²) in [5.41, 5.74) is 2.18. The minimum atomic E-state index is 0.522. The van der Waals surface area contributed by atoms with Crippen LogP contribution in [0.3, 0.4) is 0 Å². The highest BCUT2D eigenvalue weighted by Crippen LogP contribution is 2.30. The number of H-pyrrole nitrogens is 1. The van der Waals surface area contributed by atoms with Crippen LogP contribution >= 0.6 is 11.6 Å². The van der Waals surface area contributed by atoms with Crippen LogP contribution in [0, 0.1) is 0 Å². The highest BCUT2D eigenvalue weighted by molar-refractivity contribution is 6.30. The molecule has 3 aromatic heterocycles. The monoisotopic (exact) mass is 338 g/mol. The van der Waals surface area contributed by atoms with E-state index in [1.165, 1.54) is 6.33 Å².